The van der Waals surface area contributed by atoms with Crippen LogP contribution in [0.15, 0.2) is 24.3 Å². The smallest absolute Gasteiger partial charge is 0.410 e. The lowest BCUT2D eigenvalue weighted by atomic mass is 9.94. The highest BCUT2D eigenvalue weighted by atomic mass is 16.6. The van der Waals surface area contributed by atoms with Gasteiger partial charge in [0.25, 0.3) is 0 Å². The Hall–Kier alpha value is -1.29. The topological polar surface area (TPSA) is 38.8 Å². The molecule has 1 fully saturated rings. The van der Waals surface area contributed by atoms with Gasteiger partial charge in [0.1, 0.15) is 5.60 Å². The minimum atomic E-state index is -0.491. The summed E-state index contributed by atoms with van der Waals surface area (Å²) in [5.74, 6) is 0. The number of ether oxygens (including phenoxy) is 2. The van der Waals surface area contributed by atoms with Crippen molar-refractivity contribution in [3.8, 4) is 0 Å². The molecule has 26 heavy (non-hydrogen) atoms. The molecule has 4 nitrogen and oxygen atoms in total. The molecule has 1 heterocycles. The number of amides is 1. The fourth-order valence-corrected chi connectivity index (χ4v) is 3.26. The van der Waals surface area contributed by atoms with Crippen LogP contribution in [-0.4, -0.2) is 41.9 Å². The molecule has 1 aliphatic heterocycles. The highest BCUT2D eigenvalue weighted by molar-refractivity contribution is 5.69. The van der Waals surface area contributed by atoms with Gasteiger partial charge < -0.3 is 14.4 Å². The fourth-order valence-electron chi connectivity index (χ4n) is 3.26. The van der Waals surface area contributed by atoms with E-state index in [1.54, 1.807) is 0 Å². The number of allylic oxidation sites excluding steroid dienone is 1. The first-order valence-electron chi connectivity index (χ1n) is 10.2. The lowest BCUT2D eigenvalue weighted by Gasteiger charge is -2.40. The van der Waals surface area contributed by atoms with E-state index in [4.69, 9.17) is 9.47 Å². The molecule has 1 saturated heterocycles. The van der Waals surface area contributed by atoms with Crippen LogP contribution < -0.4 is 0 Å². The largest absolute Gasteiger partial charge is 0.444 e. The third-order valence-corrected chi connectivity index (χ3v) is 4.59. The van der Waals surface area contributed by atoms with Gasteiger partial charge in [-0.2, -0.15) is 0 Å². The molecule has 0 unspecified atom stereocenters. The Morgan fingerprint density at radius 3 is 2.54 bits per heavy atom. The maximum absolute atomic E-state index is 12.6. The van der Waals surface area contributed by atoms with E-state index < -0.39 is 5.60 Å². The second kappa shape index (κ2) is 11.4. The van der Waals surface area contributed by atoms with E-state index >= 15 is 0 Å². The molecule has 0 spiro atoms. The monoisotopic (exact) mass is 365 g/mol. The Morgan fingerprint density at radius 2 is 1.92 bits per heavy atom. The van der Waals surface area contributed by atoms with E-state index in [0.29, 0.717) is 6.54 Å². The average molecular weight is 366 g/mol. The molecule has 0 N–H and O–H groups in total. The van der Waals surface area contributed by atoms with Crippen molar-refractivity contribution in [1.82, 2.24) is 4.90 Å². The standard InChI is InChI=1S/C22H39NO3/c1-7-9-10-11-12-16-25-19-14-15-23(21(24)26-22(4,5)6)20(17-19)18(3)13-8-2/h8,13,19-20H,3,7,9-12,14-17H2,1-2,4-6H3/b13-8-/t19-,20-/m0/s1. The lowest BCUT2D eigenvalue weighted by molar-refractivity contribution is -0.0249. The number of carbonyl (C=O) groups excluding carboxylic acids is 1. The molecule has 0 saturated carbocycles. The summed E-state index contributed by atoms with van der Waals surface area (Å²) in [7, 11) is 0. The highest BCUT2D eigenvalue weighted by Gasteiger charge is 2.35. The van der Waals surface area contributed by atoms with Gasteiger partial charge in [0.2, 0.25) is 0 Å². The normalized spacial score (nSPS) is 21.2. The Labute approximate surface area is 160 Å². The van der Waals surface area contributed by atoms with Gasteiger partial charge in [0.05, 0.1) is 12.1 Å². The van der Waals surface area contributed by atoms with Crippen molar-refractivity contribution in [2.75, 3.05) is 13.2 Å². The lowest BCUT2D eigenvalue weighted by Crippen LogP contribution is -2.50. The maximum Gasteiger partial charge on any atom is 0.410 e. The number of carbonyl (C=O) groups is 1. The predicted octanol–water partition coefficient (Wildman–Crippen LogP) is 5.87. The molecule has 4 heteroatoms. The zero-order valence-electron chi connectivity index (χ0n) is 17.6. The van der Waals surface area contributed by atoms with E-state index in [2.05, 4.69) is 13.5 Å². The van der Waals surface area contributed by atoms with E-state index in [1.165, 1.54) is 25.7 Å². The molecule has 0 aromatic rings. The van der Waals surface area contributed by atoms with Crippen LogP contribution in [0.4, 0.5) is 4.79 Å². The number of rotatable bonds is 9. The van der Waals surface area contributed by atoms with Crippen LogP contribution in [0.1, 0.15) is 79.6 Å². The molecular formula is C22H39NO3. The van der Waals surface area contributed by atoms with E-state index in [0.717, 1.165) is 31.4 Å². The third kappa shape index (κ3) is 8.39. The van der Waals surface area contributed by atoms with Crippen molar-refractivity contribution in [1.29, 1.82) is 0 Å². The quantitative estimate of drug-likeness (QED) is 0.379. The molecule has 150 valence electrons. The zero-order valence-corrected chi connectivity index (χ0v) is 17.6. The first-order chi connectivity index (χ1) is 12.3. The molecule has 0 aromatic carbocycles. The number of likely N-dealkylation sites (tertiary alicyclic amines) is 1. The van der Waals surface area contributed by atoms with Crippen LogP contribution in [-0.2, 0) is 9.47 Å². The molecule has 1 rings (SSSR count). The molecule has 0 aromatic heterocycles. The first-order valence-corrected chi connectivity index (χ1v) is 10.2. The van der Waals surface area contributed by atoms with Crippen LogP contribution in [0.3, 0.4) is 0 Å². The molecular weight excluding hydrogens is 326 g/mol. The Kier molecular flexibility index (Phi) is 10.0. The van der Waals surface area contributed by atoms with Crippen molar-refractivity contribution in [2.24, 2.45) is 0 Å². The molecule has 1 amide bonds. The van der Waals surface area contributed by atoms with Crippen LogP contribution in [0.25, 0.3) is 0 Å². The van der Waals surface area contributed by atoms with Crippen molar-refractivity contribution in [2.45, 2.75) is 97.3 Å². The van der Waals surface area contributed by atoms with Gasteiger partial charge in [-0.25, -0.2) is 4.79 Å². The Bertz CT molecular complexity index is 464. The van der Waals surface area contributed by atoms with E-state index in [-0.39, 0.29) is 18.2 Å². The second-order valence-electron chi connectivity index (χ2n) is 8.20. The zero-order chi connectivity index (χ0) is 19.6. The molecule has 1 aliphatic rings. The van der Waals surface area contributed by atoms with Gasteiger partial charge in [-0.1, -0.05) is 51.3 Å². The van der Waals surface area contributed by atoms with Crippen LogP contribution in [0.5, 0.6) is 0 Å². The summed E-state index contributed by atoms with van der Waals surface area (Å²) in [6.45, 7) is 15.5. The van der Waals surface area contributed by atoms with Gasteiger partial charge >= 0.3 is 6.09 Å². The van der Waals surface area contributed by atoms with Crippen molar-refractivity contribution < 1.29 is 14.3 Å². The van der Waals surface area contributed by atoms with Gasteiger partial charge in [0.15, 0.2) is 0 Å². The van der Waals surface area contributed by atoms with Gasteiger partial charge in [0, 0.05) is 13.2 Å². The minimum absolute atomic E-state index is 0.0557. The highest BCUT2D eigenvalue weighted by Crippen LogP contribution is 2.27. The molecule has 0 aliphatic carbocycles. The second-order valence-corrected chi connectivity index (χ2v) is 8.20. The Morgan fingerprint density at radius 1 is 1.23 bits per heavy atom. The fraction of sp³-hybridized carbons (Fsp3) is 0.773. The van der Waals surface area contributed by atoms with Gasteiger partial charge in [-0.3, -0.25) is 0 Å². The summed E-state index contributed by atoms with van der Waals surface area (Å²) in [4.78, 5) is 14.4. The maximum atomic E-state index is 12.6. The van der Waals surface area contributed by atoms with E-state index in [1.807, 2.05) is 44.7 Å². The summed E-state index contributed by atoms with van der Waals surface area (Å²) in [5.41, 5.74) is 0.449. The Balaban J connectivity index is 2.60. The summed E-state index contributed by atoms with van der Waals surface area (Å²) < 4.78 is 11.7. The van der Waals surface area contributed by atoms with Crippen LogP contribution >= 0.6 is 0 Å². The molecule has 0 bridgehead atoms. The van der Waals surface area contributed by atoms with Crippen LogP contribution in [0, 0.1) is 0 Å². The van der Waals surface area contributed by atoms with Crippen molar-refractivity contribution in [3.63, 3.8) is 0 Å². The van der Waals surface area contributed by atoms with E-state index in [9.17, 15) is 4.79 Å². The third-order valence-electron chi connectivity index (χ3n) is 4.59. The number of hydrogen-bond donors (Lipinski definition) is 0. The molecule has 0 radical (unpaired) electrons. The number of nitrogens with zero attached hydrogens (tertiary/aromatic N) is 1. The van der Waals surface area contributed by atoms with Crippen molar-refractivity contribution in [3.05, 3.63) is 24.3 Å². The summed E-state index contributed by atoms with van der Waals surface area (Å²) >= 11 is 0. The minimum Gasteiger partial charge on any atom is -0.444 e. The summed E-state index contributed by atoms with van der Waals surface area (Å²) in [6, 6.07) is -0.0557. The summed E-state index contributed by atoms with van der Waals surface area (Å²) in [6.07, 6.45) is 11.7. The van der Waals surface area contributed by atoms with Gasteiger partial charge in [-0.15, -0.1) is 0 Å². The first kappa shape index (κ1) is 22.8. The number of piperidine rings is 1. The van der Waals surface area contributed by atoms with Crippen molar-refractivity contribution >= 4 is 6.09 Å². The number of unbranched alkanes of at least 4 members (excludes halogenated alkanes) is 4. The number of hydrogen-bond acceptors (Lipinski definition) is 3. The van der Waals surface area contributed by atoms with Gasteiger partial charge in [-0.05, 0) is 52.5 Å². The van der Waals surface area contributed by atoms with Crippen LogP contribution in [0.2, 0.25) is 0 Å². The predicted molar refractivity (Wildman–Crippen MR) is 108 cm³/mol. The average Bonchev–Trinajstić information content (AvgIpc) is 2.56. The SMILES string of the molecule is C=C(/C=C\C)[C@@H]1C[C@@H](OCCCCCCC)CCN1C(=O)OC(C)(C)C. The summed E-state index contributed by atoms with van der Waals surface area (Å²) in [5, 5.41) is 0. The molecule has 2 atom stereocenters.